The van der Waals surface area contributed by atoms with E-state index in [1.54, 1.807) is 13.0 Å². The molecule has 0 saturated carbocycles. The third-order valence-corrected chi connectivity index (χ3v) is 2.61. The zero-order chi connectivity index (χ0) is 14.0. The molecular formula is C14H17NO4. The first-order valence-corrected chi connectivity index (χ1v) is 6.27. The van der Waals surface area contributed by atoms with E-state index in [9.17, 15) is 4.79 Å². The summed E-state index contributed by atoms with van der Waals surface area (Å²) in [7, 11) is 0. The van der Waals surface area contributed by atoms with Crippen LogP contribution in [0.2, 0.25) is 0 Å². The third-order valence-electron chi connectivity index (χ3n) is 2.61. The number of rotatable bonds is 4. The monoisotopic (exact) mass is 263 g/mol. The van der Waals surface area contributed by atoms with E-state index in [-0.39, 0.29) is 11.7 Å². The summed E-state index contributed by atoms with van der Waals surface area (Å²) in [6, 6.07) is 3.58. The summed E-state index contributed by atoms with van der Waals surface area (Å²) < 4.78 is 15.9. The van der Waals surface area contributed by atoms with E-state index in [1.165, 1.54) is 0 Å². The van der Waals surface area contributed by atoms with E-state index in [0.29, 0.717) is 24.0 Å². The predicted octanol–water partition coefficient (Wildman–Crippen LogP) is 3.54. The molecule has 2 heterocycles. The van der Waals surface area contributed by atoms with Crippen LogP contribution in [0.3, 0.4) is 0 Å². The summed E-state index contributed by atoms with van der Waals surface area (Å²) in [5, 5.41) is 0. The van der Waals surface area contributed by atoms with Gasteiger partial charge in [-0.1, -0.05) is 13.8 Å². The molecule has 0 fully saturated rings. The van der Waals surface area contributed by atoms with Crippen LogP contribution >= 0.6 is 0 Å². The number of carbonyl (C=O) groups is 1. The maximum absolute atomic E-state index is 11.8. The minimum absolute atomic E-state index is 0.0629. The Morgan fingerprint density at radius 1 is 1.37 bits per heavy atom. The van der Waals surface area contributed by atoms with Crippen molar-refractivity contribution in [1.82, 2.24) is 4.98 Å². The Morgan fingerprint density at radius 3 is 2.63 bits per heavy atom. The van der Waals surface area contributed by atoms with E-state index >= 15 is 0 Å². The van der Waals surface area contributed by atoms with Crippen molar-refractivity contribution in [3.05, 3.63) is 29.3 Å². The quantitative estimate of drug-likeness (QED) is 0.789. The van der Waals surface area contributed by atoms with Crippen LogP contribution in [0.1, 0.15) is 48.7 Å². The molecule has 0 N–H and O–H groups in total. The number of hydrogen-bond acceptors (Lipinski definition) is 5. The number of furan rings is 1. The molecular weight excluding hydrogens is 246 g/mol. The summed E-state index contributed by atoms with van der Waals surface area (Å²) >= 11 is 0. The molecule has 0 aliphatic carbocycles. The highest BCUT2D eigenvalue weighted by atomic mass is 16.5. The maximum atomic E-state index is 11.8. The van der Waals surface area contributed by atoms with Gasteiger partial charge in [-0.15, -0.1) is 0 Å². The molecule has 5 nitrogen and oxygen atoms in total. The topological polar surface area (TPSA) is 65.5 Å². The molecule has 2 aromatic heterocycles. The van der Waals surface area contributed by atoms with Gasteiger partial charge in [-0.3, -0.25) is 0 Å². The molecule has 2 aromatic rings. The fraction of sp³-hybridized carbons (Fsp3) is 0.429. The largest absolute Gasteiger partial charge is 0.460 e. The van der Waals surface area contributed by atoms with Crippen LogP contribution in [-0.4, -0.2) is 17.6 Å². The van der Waals surface area contributed by atoms with Crippen LogP contribution in [-0.2, 0) is 4.74 Å². The van der Waals surface area contributed by atoms with Crippen molar-refractivity contribution in [3.63, 3.8) is 0 Å². The van der Waals surface area contributed by atoms with Crippen LogP contribution in [0.15, 0.2) is 21.0 Å². The van der Waals surface area contributed by atoms with Crippen LogP contribution in [0.25, 0.3) is 11.7 Å². The lowest BCUT2D eigenvalue weighted by molar-refractivity contribution is 0.0488. The molecule has 0 radical (unpaired) electrons. The summed E-state index contributed by atoms with van der Waals surface area (Å²) in [6.07, 6.45) is 0. The Bertz CT molecular complexity index is 580. The van der Waals surface area contributed by atoms with Crippen LogP contribution < -0.4 is 0 Å². The Labute approximate surface area is 111 Å². The Hall–Kier alpha value is -2.04. The van der Waals surface area contributed by atoms with Crippen molar-refractivity contribution in [2.75, 3.05) is 6.61 Å². The molecule has 0 atom stereocenters. The van der Waals surface area contributed by atoms with Gasteiger partial charge in [0.2, 0.25) is 5.76 Å². The molecule has 2 rings (SSSR count). The first kappa shape index (κ1) is 13.4. The molecule has 0 bridgehead atoms. The van der Waals surface area contributed by atoms with Gasteiger partial charge >= 0.3 is 5.97 Å². The molecule has 0 unspecified atom stereocenters. The van der Waals surface area contributed by atoms with Gasteiger partial charge in [0, 0.05) is 0 Å². The third kappa shape index (κ3) is 2.70. The van der Waals surface area contributed by atoms with Gasteiger partial charge in [0.05, 0.1) is 12.3 Å². The van der Waals surface area contributed by atoms with Gasteiger partial charge in [0.25, 0.3) is 5.89 Å². The summed E-state index contributed by atoms with van der Waals surface area (Å²) in [5.74, 6) is 1.30. The lowest BCUT2D eigenvalue weighted by atomic mass is 10.1. The number of oxazole rings is 1. The maximum Gasteiger partial charge on any atom is 0.376 e. The van der Waals surface area contributed by atoms with Crippen LogP contribution in [0.5, 0.6) is 0 Å². The van der Waals surface area contributed by atoms with Crippen molar-refractivity contribution in [1.29, 1.82) is 0 Å². The van der Waals surface area contributed by atoms with Gasteiger partial charge in [-0.05, 0) is 31.9 Å². The minimum Gasteiger partial charge on any atom is -0.460 e. The highest BCUT2D eigenvalue weighted by Crippen LogP contribution is 2.28. The Morgan fingerprint density at radius 2 is 2.11 bits per heavy atom. The van der Waals surface area contributed by atoms with Crippen LogP contribution in [0.4, 0.5) is 0 Å². The average Bonchev–Trinajstić information content (AvgIpc) is 2.94. The zero-order valence-corrected chi connectivity index (χ0v) is 11.5. The first-order valence-electron chi connectivity index (χ1n) is 6.27. The SMILES string of the molecule is CCOC(=O)c1oc(-c2ccc(C)o2)nc1C(C)C. The van der Waals surface area contributed by atoms with Gasteiger partial charge in [0.15, 0.2) is 5.76 Å². The molecule has 0 amide bonds. The summed E-state index contributed by atoms with van der Waals surface area (Å²) in [6.45, 7) is 7.77. The number of carbonyl (C=O) groups excluding carboxylic acids is 1. The van der Waals surface area contributed by atoms with Gasteiger partial charge in [-0.25, -0.2) is 9.78 Å². The number of aryl methyl sites for hydroxylation is 1. The normalized spacial score (nSPS) is 11.0. The molecule has 19 heavy (non-hydrogen) atoms. The molecule has 5 heteroatoms. The molecule has 0 saturated heterocycles. The zero-order valence-electron chi connectivity index (χ0n) is 11.5. The van der Waals surface area contributed by atoms with E-state index in [4.69, 9.17) is 13.6 Å². The smallest absolute Gasteiger partial charge is 0.376 e. The van der Waals surface area contributed by atoms with E-state index in [1.807, 2.05) is 26.8 Å². The minimum atomic E-state index is -0.492. The van der Waals surface area contributed by atoms with Crippen LogP contribution in [0, 0.1) is 6.92 Å². The van der Waals surface area contributed by atoms with Gasteiger partial charge in [0.1, 0.15) is 5.76 Å². The van der Waals surface area contributed by atoms with Crippen molar-refractivity contribution in [2.24, 2.45) is 0 Å². The van der Waals surface area contributed by atoms with E-state index in [0.717, 1.165) is 5.76 Å². The fourth-order valence-electron chi connectivity index (χ4n) is 1.72. The highest BCUT2D eigenvalue weighted by Gasteiger charge is 2.25. The number of nitrogens with zero attached hydrogens (tertiary/aromatic N) is 1. The second-order valence-corrected chi connectivity index (χ2v) is 4.52. The van der Waals surface area contributed by atoms with Crippen molar-refractivity contribution in [2.45, 2.75) is 33.6 Å². The molecule has 0 aliphatic rings. The second-order valence-electron chi connectivity index (χ2n) is 4.52. The highest BCUT2D eigenvalue weighted by molar-refractivity contribution is 5.88. The summed E-state index contributed by atoms with van der Waals surface area (Å²) in [4.78, 5) is 16.2. The number of ether oxygens (including phenoxy) is 1. The van der Waals surface area contributed by atoms with E-state index in [2.05, 4.69) is 4.98 Å². The lowest BCUT2D eigenvalue weighted by Gasteiger charge is -2.02. The van der Waals surface area contributed by atoms with E-state index < -0.39 is 5.97 Å². The molecule has 0 aromatic carbocycles. The van der Waals surface area contributed by atoms with Gasteiger partial charge < -0.3 is 13.6 Å². The van der Waals surface area contributed by atoms with Crippen molar-refractivity contribution in [3.8, 4) is 11.7 Å². The number of hydrogen-bond donors (Lipinski definition) is 0. The predicted molar refractivity (Wildman–Crippen MR) is 69.0 cm³/mol. The number of esters is 1. The Balaban J connectivity index is 2.43. The second kappa shape index (κ2) is 5.30. The molecule has 0 aliphatic heterocycles. The lowest BCUT2D eigenvalue weighted by Crippen LogP contribution is -2.07. The number of aromatic nitrogens is 1. The molecule has 0 spiro atoms. The average molecular weight is 263 g/mol. The van der Waals surface area contributed by atoms with Gasteiger partial charge in [-0.2, -0.15) is 0 Å². The Kier molecular flexibility index (Phi) is 3.74. The van der Waals surface area contributed by atoms with Crippen molar-refractivity contribution < 1.29 is 18.4 Å². The standard InChI is InChI=1S/C14H17NO4/c1-5-17-14(16)12-11(8(2)3)15-13(19-12)10-7-6-9(4)18-10/h6-8H,5H2,1-4H3. The van der Waals surface area contributed by atoms with Crippen molar-refractivity contribution >= 4 is 5.97 Å². The fourth-order valence-corrected chi connectivity index (χ4v) is 1.72. The molecule has 102 valence electrons. The first-order chi connectivity index (χ1) is 9.02. The summed E-state index contributed by atoms with van der Waals surface area (Å²) in [5.41, 5.74) is 0.586.